The van der Waals surface area contributed by atoms with Crippen molar-refractivity contribution in [3.05, 3.63) is 53.7 Å². The van der Waals surface area contributed by atoms with Gasteiger partial charge in [-0.2, -0.15) is 0 Å². The van der Waals surface area contributed by atoms with Crippen LogP contribution in [0.3, 0.4) is 0 Å². The number of carboxylic acids is 2. The number of carbonyl (C=O) groups is 3. The first-order valence-electron chi connectivity index (χ1n) is 11.2. The van der Waals surface area contributed by atoms with E-state index in [1.165, 1.54) is 5.69 Å². The first-order valence-corrected chi connectivity index (χ1v) is 11.2. The van der Waals surface area contributed by atoms with Gasteiger partial charge in [0.25, 0.3) is 0 Å². The van der Waals surface area contributed by atoms with Crippen molar-refractivity contribution in [3.63, 3.8) is 0 Å². The number of ketones is 1. The number of fused-ring (bicyclic) bond motifs is 3. The standard InChI is InChI=1S/C18H19N3O.C6H10O8.Ca/c1-12-19-9-10-21(12)11-13-7-8-16-17(18(13)22)14-5-3-4-6-15(14)20(16)2;7-1(3(9)5(11)12)2(8)4(10)6(13)14;/h3-6,9-10,13H,7-8,11H2,1-2H3;1-4,7-10H,(H,11,12)(H,13,14);/q;;+2/p-2/t;1-,2-,3-,4+;/m.0./s1. The Morgan fingerprint density at radius 2 is 1.65 bits per heavy atom. The van der Waals surface area contributed by atoms with Crippen molar-refractivity contribution >= 4 is 66.4 Å². The number of aliphatic carboxylic acids is 2. The predicted molar refractivity (Wildman–Crippen MR) is 126 cm³/mol. The van der Waals surface area contributed by atoms with E-state index in [0.29, 0.717) is 0 Å². The van der Waals surface area contributed by atoms with Crippen molar-refractivity contribution in [2.45, 2.75) is 50.7 Å². The monoisotopic (exact) mass is 541 g/mol. The van der Waals surface area contributed by atoms with Crippen molar-refractivity contribution in [2.24, 2.45) is 13.0 Å². The Bertz CT molecular complexity index is 1250. The molecule has 0 saturated heterocycles. The van der Waals surface area contributed by atoms with Crippen LogP contribution in [0.1, 0.15) is 28.3 Å². The predicted octanol–water partition coefficient (Wildman–Crippen LogP) is -3.32. The number of aliphatic hydroxyl groups excluding tert-OH is 4. The molecular weight excluding hydrogens is 514 g/mol. The molecule has 0 fully saturated rings. The van der Waals surface area contributed by atoms with Crippen molar-refractivity contribution in [3.8, 4) is 0 Å². The molecule has 194 valence electrons. The second kappa shape index (κ2) is 13.0. The number of imidazole rings is 1. The van der Waals surface area contributed by atoms with Gasteiger partial charge < -0.3 is 49.4 Å². The third-order valence-corrected chi connectivity index (χ3v) is 6.40. The molecule has 1 unspecified atom stereocenters. The van der Waals surface area contributed by atoms with E-state index in [9.17, 15) is 24.6 Å². The molecule has 0 aliphatic heterocycles. The van der Waals surface area contributed by atoms with E-state index in [0.717, 1.165) is 41.7 Å². The number of carbonyl (C=O) groups excluding carboxylic acids is 3. The Balaban J connectivity index is 0.000000283. The molecule has 13 heteroatoms. The fourth-order valence-corrected chi connectivity index (χ4v) is 4.32. The molecule has 2 heterocycles. The molecule has 2 aromatic heterocycles. The van der Waals surface area contributed by atoms with Gasteiger partial charge in [-0.05, 0) is 25.8 Å². The molecule has 4 rings (SSSR count). The number of carboxylic acid groups (broad SMARTS) is 2. The molecule has 0 saturated carbocycles. The summed E-state index contributed by atoms with van der Waals surface area (Å²) in [5.74, 6) is -2.92. The van der Waals surface area contributed by atoms with Crippen LogP contribution >= 0.6 is 0 Å². The average Bonchev–Trinajstić information content (AvgIpc) is 3.39. The van der Waals surface area contributed by atoms with Gasteiger partial charge >= 0.3 is 37.7 Å². The molecule has 12 nitrogen and oxygen atoms in total. The number of aliphatic hydroxyl groups is 4. The van der Waals surface area contributed by atoms with Gasteiger partial charge in [0, 0.05) is 54.1 Å². The van der Waals surface area contributed by atoms with E-state index in [1.54, 1.807) is 6.20 Å². The maximum Gasteiger partial charge on any atom is 2.00 e. The van der Waals surface area contributed by atoms with Crippen LogP contribution in [-0.4, -0.2) is 114 Å². The average molecular weight is 542 g/mol. The van der Waals surface area contributed by atoms with Crippen molar-refractivity contribution in [1.29, 1.82) is 0 Å². The molecule has 0 bridgehead atoms. The SMILES string of the molecule is Cc1nccn1CC1CCc2c(c3ccccc3n2C)C1=O.O=C([O-])[C@@H](O)[C@@H](O)[C@H](O)[C@@H](O)C(=O)[O-].[Ca+2]. The summed E-state index contributed by atoms with van der Waals surface area (Å²) >= 11 is 0. The van der Waals surface area contributed by atoms with E-state index in [-0.39, 0.29) is 49.4 Å². The van der Waals surface area contributed by atoms with Gasteiger partial charge in [-0.25, -0.2) is 4.98 Å². The molecular formula is C24H27CaN3O9. The molecule has 0 spiro atoms. The van der Waals surface area contributed by atoms with E-state index in [4.69, 9.17) is 20.4 Å². The number of Topliss-reactive ketones (excluding diaryl/α,β-unsaturated/α-hetero) is 1. The van der Waals surface area contributed by atoms with E-state index >= 15 is 0 Å². The molecule has 1 aliphatic rings. The summed E-state index contributed by atoms with van der Waals surface area (Å²) in [5.41, 5.74) is 3.28. The van der Waals surface area contributed by atoms with Gasteiger partial charge in [0.05, 0.1) is 11.9 Å². The quantitative estimate of drug-likeness (QED) is 0.219. The van der Waals surface area contributed by atoms with Crippen LogP contribution in [0.25, 0.3) is 10.9 Å². The Morgan fingerprint density at radius 3 is 2.16 bits per heavy atom. The molecule has 0 radical (unpaired) electrons. The number of hydrogen-bond donors (Lipinski definition) is 4. The van der Waals surface area contributed by atoms with Crippen molar-refractivity contribution in [1.82, 2.24) is 14.1 Å². The Morgan fingerprint density at radius 1 is 1.08 bits per heavy atom. The fraction of sp³-hybridized carbons (Fsp3) is 0.417. The third kappa shape index (κ3) is 6.58. The number of aromatic nitrogens is 3. The van der Waals surface area contributed by atoms with Crippen LogP contribution in [0.2, 0.25) is 0 Å². The van der Waals surface area contributed by atoms with Crippen LogP contribution in [0.4, 0.5) is 0 Å². The van der Waals surface area contributed by atoms with E-state index in [1.807, 2.05) is 25.3 Å². The molecule has 4 N–H and O–H groups in total. The summed E-state index contributed by atoms with van der Waals surface area (Å²) in [6.07, 6.45) is -4.13. The smallest absolute Gasteiger partial charge is 0.547 e. The largest absolute Gasteiger partial charge is 2.00 e. The maximum atomic E-state index is 13.0. The zero-order chi connectivity index (χ0) is 26.7. The van der Waals surface area contributed by atoms with E-state index in [2.05, 4.69) is 33.3 Å². The molecule has 37 heavy (non-hydrogen) atoms. The third-order valence-electron chi connectivity index (χ3n) is 6.40. The molecule has 0 amide bonds. The second-order valence-corrected chi connectivity index (χ2v) is 8.63. The van der Waals surface area contributed by atoms with Gasteiger partial charge in [0.2, 0.25) is 0 Å². The number of para-hydroxylation sites is 1. The number of rotatable bonds is 7. The van der Waals surface area contributed by atoms with Crippen LogP contribution < -0.4 is 10.2 Å². The summed E-state index contributed by atoms with van der Waals surface area (Å²) in [4.78, 5) is 37.2. The first kappa shape index (κ1) is 30.9. The van der Waals surface area contributed by atoms with Gasteiger partial charge in [0.15, 0.2) is 5.78 Å². The van der Waals surface area contributed by atoms with Crippen LogP contribution in [-0.2, 0) is 29.6 Å². The summed E-state index contributed by atoms with van der Waals surface area (Å²) < 4.78 is 4.26. The molecule has 1 aliphatic carbocycles. The van der Waals surface area contributed by atoms with Crippen LogP contribution in [0, 0.1) is 12.8 Å². The van der Waals surface area contributed by atoms with E-state index < -0.39 is 36.4 Å². The summed E-state index contributed by atoms with van der Waals surface area (Å²) in [6, 6.07) is 8.21. The summed E-state index contributed by atoms with van der Waals surface area (Å²) in [6.45, 7) is 2.71. The minimum Gasteiger partial charge on any atom is -0.547 e. The van der Waals surface area contributed by atoms with Gasteiger partial charge in [0.1, 0.15) is 30.2 Å². The minimum absolute atomic E-state index is 0. The Labute approximate surface area is 241 Å². The summed E-state index contributed by atoms with van der Waals surface area (Å²) in [7, 11) is 2.06. The van der Waals surface area contributed by atoms with Gasteiger partial charge in [-0.1, -0.05) is 18.2 Å². The van der Waals surface area contributed by atoms with Crippen LogP contribution in [0.15, 0.2) is 36.7 Å². The maximum absolute atomic E-state index is 13.0. The van der Waals surface area contributed by atoms with Gasteiger partial charge in [-0.3, -0.25) is 4.79 Å². The molecule has 1 aromatic carbocycles. The topological polar surface area (TPSA) is 201 Å². The van der Waals surface area contributed by atoms with Crippen LogP contribution in [0.5, 0.6) is 0 Å². The number of hydrogen-bond acceptors (Lipinski definition) is 10. The molecule has 3 aromatic rings. The Kier molecular flexibility index (Phi) is 10.8. The Hall–Kier alpha value is -2.32. The first-order chi connectivity index (χ1) is 17.0. The second-order valence-electron chi connectivity index (χ2n) is 8.63. The number of nitrogens with zero attached hydrogens (tertiary/aromatic N) is 3. The van der Waals surface area contributed by atoms with Crippen molar-refractivity contribution < 1.29 is 45.0 Å². The van der Waals surface area contributed by atoms with Crippen molar-refractivity contribution in [2.75, 3.05) is 0 Å². The number of benzene rings is 1. The minimum atomic E-state index is -2.50. The fourth-order valence-electron chi connectivity index (χ4n) is 4.32. The zero-order valence-corrected chi connectivity index (χ0v) is 22.6. The zero-order valence-electron chi connectivity index (χ0n) is 20.4. The van der Waals surface area contributed by atoms with Gasteiger partial charge in [-0.15, -0.1) is 0 Å². The molecule has 5 atom stereocenters. The number of aryl methyl sites for hydroxylation is 2. The normalized spacial score (nSPS) is 18.0. The summed E-state index contributed by atoms with van der Waals surface area (Å²) in [5, 5.41) is 55.8.